The molecule has 0 bridgehead atoms. The summed E-state index contributed by atoms with van der Waals surface area (Å²) in [6.45, 7) is 0.458. The maximum atomic E-state index is 8.51. The average Bonchev–Trinajstić information content (AvgIpc) is 2.72. The van der Waals surface area contributed by atoms with E-state index in [2.05, 4.69) is 10.6 Å². The van der Waals surface area contributed by atoms with E-state index in [9.17, 15) is 0 Å². The Balaban J connectivity index is 2.22. The quantitative estimate of drug-likeness (QED) is 0.716. The summed E-state index contributed by atoms with van der Waals surface area (Å²) in [7, 11) is 0. The van der Waals surface area contributed by atoms with E-state index < -0.39 is 0 Å². The first-order chi connectivity index (χ1) is 6.90. The van der Waals surface area contributed by atoms with Gasteiger partial charge in [-0.25, -0.2) is 10.2 Å². The van der Waals surface area contributed by atoms with Crippen LogP contribution in [0.25, 0.3) is 5.69 Å². The van der Waals surface area contributed by atoms with Crippen molar-refractivity contribution in [1.82, 2.24) is 15.3 Å². The van der Waals surface area contributed by atoms with Crippen LogP contribution in [0.1, 0.15) is 5.56 Å². The van der Waals surface area contributed by atoms with E-state index in [4.69, 9.17) is 5.21 Å². The molecule has 0 radical (unpaired) electrons. The minimum atomic E-state index is 0.458. The van der Waals surface area contributed by atoms with E-state index in [1.54, 1.807) is 10.9 Å². The summed E-state index contributed by atoms with van der Waals surface area (Å²) in [5.41, 5.74) is 4.16. The van der Waals surface area contributed by atoms with Crippen LogP contribution in [0.4, 0.5) is 0 Å². The predicted octanol–water partition coefficient (Wildman–Crippen LogP) is 1.35. The third-order valence-corrected chi connectivity index (χ3v) is 1.99. The van der Waals surface area contributed by atoms with Gasteiger partial charge < -0.3 is 5.21 Å². The van der Waals surface area contributed by atoms with E-state index in [-0.39, 0.29) is 0 Å². The summed E-state index contributed by atoms with van der Waals surface area (Å²) in [6, 6.07) is 9.68. The van der Waals surface area contributed by atoms with Crippen molar-refractivity contribution in [2.24, 2.45) is 0 Å². The molecule has 2 rings (SSSR count). The van der Waals surface area contributed by atoms with Crippen LogP contribution < -0.4 is 5.48 Å². The van der Waals surface area contributed by atoms with Gasteiger partial charge in [0.05, 0.1) is 5.69 Å². The molecule has 14 heavy (non-hydrogen) atoms. The number of hydroxylamine groups is 1. The molecule has 0 aliphatic rings. The zero-order chi connectivity index (χ0) is 9.80. The number of hydrogen-bond donors (Lipinski definition) is 2. The molecule has 2 aromatic rings. The minimum Gasteiger partial charge on any atom is -0.316 e. The van der Waals surface area contributed by atoms with Crippen LogP contribution in [0.5, 0.6) is 0 Å². The highest BCUT2D eigenvalue weighted by molar-refractivity contribution is 5.33. The Hall–Kier alpha value is -1.65. The monoisotopic (exact) mass is 189 g/mol. The molecule has 1 aromatic carbocycles. The second-order valence-electron chi connectivity index (χ2n) is 2.95. The van der Waals surface area contributed by atoms with Crippen LogP contribution in [0.3, 0.4) is 0 Å². The zero-order valence-corrected chi connectivity index (χ0v) is 7.59. The first kappa shape index (κ1) is 8.93. The van der Waals surface area contributed by atoms with Gasteiger partial charge in [-0.15, -0.1) is 0 Å². The fourth-order valence-corrected chi connectivity index (χ4v) is 1.28. The fourth-order valence-electron chi connectivity index (χ4n) is 1.28. The SMILES string of the molecule is ONCc1ccc(-n2cccn2)cc1. The van der Waals surface area contributed by atoms with Gasteiger partial charge in [-0.2, -0.15) is 5.10 Å². The molecule has 4 heteroatoms. The molecule has 0 unspecified atom stereocenters. The lowest BCUT2D eigenvalue weighted by atomic mass is 10.2. The molecule has 4 nitrogen and oxygen atoms in total. The van der Waals surface area contributed by atoms with Gasteiger partial charge in [-0.3, -0.25) is 0 Å². The number of rotatable bonds is 3. The minimum absolute atomic E-state index is 0.458. The molecule has 1 heterocycles. The van der Waals surface area contributed by atoms with E-state index in [0.717, 1.165) is 11.3 Å². The molecule has 0 spiro atoms. The second kappa shape index (κ2) is 4.04. The Morgan fingerprint density at radius 1 is 1.29 bits per heavy atom. The van der Waals surface area contributed by atoms with Crippen LogP contribution in [0.2, 0.25) is 0 Å². The molecule has 2 N–H and O–H groups in total. The molecule has 0 fully saturated rings. The summed E-state index contributed by atoms with van der Waals surface area (Å²) < 4.78 is 1.79. The van der Waals surface area contributed by atoms with E-state index in [0.29, 0.717) is 6.54 Å². The second-order valence-corrected chi connectivity index (χ2v) is 2.95. The van der Waals surface area contributed by atoms with Crippen molar-refractivity contribution in [3.8, 4) is 5.69 Å². The number of nitrogens with zero attached hydrogens (tertiary/aromatic N) is 2. The van der Waals surface area contributed by atoms with Gasteiger partial charge in [-0.1, -0.05) is 12.1 Å². The number of hydrogen-bond acceptors (Lipinski definition) is 3. The lowest BCUT2D eigenvalue weighted by Crippen LogP contribution is -2.06. The van der Waals surface area contributed by atoms with E-state index in [1.807, 2.05) is 36.5 Å². The topological polar surface area (TPSA) is 50.1 Å². The number of nitrogens with one attached hydrogen (secondary N) is 1. The highest BCUT2D eigenvalue weighted by Crippen LogP contribution is 2.07. The summed E-state index contributed by atoms with van der Waals surface area (Å²) in [5, 5.41) is 12.6. The maximum Gasteiger partial charge on any atom is 0.0645 e. The van der Waals surface area contributed by atoms with Gasteiger partial charge in [-0.05, 0) is 23.8 Å². The molecule has 0 amide bonds. The first-order valence-electron chi connectivity index (χ1n) is 4.36. The van der Waals surface area contributed by atoms with Crippen LogP contribution in [0.15, 0.2) is 42.7 Å². The fraction of sp³-hybridized carbons (Fsp3) is 0.100. The Kier molecular flexibility index (Phi) is 2.58. The Bertz CT molecular complexity index is 380. The van der Waals surface area contributed by atoms with Crippen molar-refractivity contribution >= 4 is 0 Å². The molecule has 72 valence electrons. The van der Waals surface area contributed by atoms with Gasteiger partial charge in [0.25, 0.3) is 0 Å². The highest BCUT2D eigenvalue weighted by atomic mass is 16.5. The lowest BCUT2D eigenvalue weighted by Gasteiger charge is -2.02. The molecule has 0 atom stereocenters. The van der Waals surface area contributed by atoms with Gasteiger partial charge in [0.2, 0.25) is 0 Å². The summed E-state index contributed by atoms with van der Waals surface area (Å²) >= 11 is 0. The zero-order valence-electron chi connectivity index (χ0n) is 7.59. The van der Waals surface area contributed by atoms with Gasteiger partial charge in [0.15, 0.2) is 0 Å². The Labute approximate surface area is 81.8 Å². The molecular formula is C10H11N3O. The van der Waals surface area contributed by atoms with E-state index >= 15 is 0 Å². The molecule has 1 aromatic heterocycles. The van der Waals surface area contributed by atoms with E-state index in [1.165, 1.54) is 0 Å². The molecule has 0 aliphatic carbocycles. The van der Waals surface area contributed by atoms with Crippen molar-refractivity contribution in [3.63, 3.8) is 0 Å². The summed E-state index contributed by atoms with van der Waals surface area (Å²) in [4.78, 5) is 0. The van der Waals surface area contributed by atoms with Gasteiger partial charge in [0.1, 0.15) is 0 Å². The molecule has 0 saturated heterocycles. The maximum absolute atomic E-state index is 8.51. The van der Waals surface area contributed by atoms with Crippen LogP contribution in [-0.4, -0.2) is 15.0 Å². The largest absolute Gasteiger partial charge is 0.316 e. The smallest absolute Gasteiger partial charge is 0.0645 e. The average molecular weight is 189 g/mol. The molecular weight excluding hydrogens is 178 g/mol. The highest BCUT2D eigenvalue weighted by Gasteiger charge is 1.95. The standard InChI is InChI=1S/C10H11N3O/c14-12-8-9-2-4-10(5-3-9)13-7-1-6-11-13/h1-7,12,14H,8H2. The van der Waals surface area contributed by atoms with Crippen LogP contribution >= 0.6 is 0 Å². The van der Waals surface area contributed by atoms with Crippen molar-refractivity contribution in [1.29, 1.82) is 0 Å². The molecule has 0 aliphatic heterocycles. The van der Waals surface area contributed by atoms with Crippen molar-refractivity contribution in [2.75, 3.05) is 0 Å². The van der Waals surface area contributed by atoms with Gasteiger partial charge in [0, 0.05) is 18.9 Å². The van der Waals surface area contributed by atoms with Gasteiger partial charge >= 0.3 is 0 Å². The number of aromatic nitrogens is 2. The third-order valence-electron chi connectivity index (χ3n) is 1.99. The predicted molar refractivity (Wildman–Crippen MR) is 52.2 cm³/mol. The summed E-state index contributed by atoms with van der Waals surface area (Å²) in [6.07, 6.45) is 3.63. The first-order valence-corrected chi connectivity index (χ1v) is 4.36. The van der Waals surface area contributed by atoms with Crippen molar-refractivity contribution < 1.29 is 5.21 Å². The molecule has 0 saturated carbocycles. The van der Waals surface area contributed by atoms with Crippen LogP contribution in [-0.2, 0) is 6.54 Å². The van der Waals surface area contributed by atoms with Crippen LogP contribution in [0, 0.1) is 0 Å². The normalized spacial score (nSPS) is 10.4. The van der Waals surface area contributed by atoms with Crippen molar-refractivity contribution in [2.45, 2.75) is 6.54 Å². The van der Waals surface area contributed by atoms with Crippen molar-refractivity contribution in [3.05, 3.63) is 48.3 Å². The number of benzene rings is 1. The summed E-state index contributed by atoms with van der Waals surface area (Å²) in [5.74, 6) is 0. The lowest BCUT2D eigenvalue weighted by molar-refractivity contribution is 0.161. The Morgan fingerprint density at radius 2 is 2.07 bits per heavy atom. The Morgan fingerprint density at radius 3 is 2.64 bits per heavy atom. The third kappa shape index (κ3) is 1.81.